The number of aromatic amines is 1. The number of piperazine rings is 1. The van der Waals surface area contributed by atoms with Gasteiger partial charge in [-0.25, -0.2) is 18.9 Å². The third-order valence-corrected chi connectivity index (χ3v) is 14.6. The van der Waals surface area contributed by atoms with E-state index in [1.165, 1.54) is 12.5 Å². The number of carbonyl (C=O) groups excluding carboxylic acids is 3. The highest BCUT2D eigenvalue weighted by Crippen LogP contribution is 2.45. The number of aromatic nitrogens is 6. The molecule has 0 bridgehead atoms. The Bertz CT molecular complexity index is 2590. The van der Waals surface area contributed by atoms with Gasteiger partial charge in [-0.15, -0.1) is 0 Å². The number of nitriles is 1. The predicted molar refractivity (Wildman–Crippen MR) is 239 cm³/mol. The fourth-order valence-electron chi connectivity index (χ4n) is 10.3. The molecule has 4 aromatic heterocycles. The fraction of sp³-hybridized carbons (Fsp3) is 0.489. The summed E-state index contributed by atoms with van der Waals surface area (Å²) in [4.78, 5) is 53.8. The lowest BCUT2D eigenvalue weighted by Gasteiger charge is -2.42. The number of H-pyrrole nitrogens is 1. The van der Waals surface area contributed by atoms with Gasteiger partial charge in [0.15, 0.2) is 0 Å². The Hall–Kier alpha value is -6.41. The van der Waals surface area contributed by atoms with Gasteiger partial charge in [0.05, 0.1) is 41.1 Å². The lowest BCUT2D eigenvalue weighted by atomic mass is 9.72. The van der Waals surface area contributed by atoms with Gasteiger partial charge in [0.2, 0.25) is 17.7 Å². The minimum Gasteiger partial charge on any atom is -0.374 e. The standard InChI is InChI=1S/C47H54FN13O3/c1-2-47(46(64)54-33-4-3-5-33)12-14-60(15-13-47)40-10-6-30(24-50-40)43-44-32(23-49)25-52-61(44)28-38(55-43)35-26-51-57-42(35)31-20-29(21-31)27-58-16-18-59(19-17-58)39-9-7-34(22-36(39)48)53-37-8-11-41(62)56-45(37)63/h6-7,9-10,22,24-26,28-29,31,33,37,53H,2-5,8,11-21,27H2,1H3,(H,51,57)(H,54,64)(H,56,62,63)/t29?,31?,37-/m0/s1. The number of rotatable bonds is 12. The molecular weight excluding hydrogens is 814 g/mol. The van der Waals surface area contributed by atoms with Gasteiger partial charge in [0.25, 0.3) is 0 Å². The molecule has 0 radical (unpaired) electrons. The topological polar surface area (TPSA) is 193 Å². The van der Waals surface area contributed by atoms with Crippen LogP contribution in [0.5, 0.6) is 0 Å². The molecule has 1 atom stereocenters. The Morgan fingerprint density at radius 1 is 1.00 bits per heavy atom. The molecule has 0 spiro atoms. The van der Waals surface area contributed by atoms with Crippen LogP contribution < -0.4 is 25.8 Å². The maximum atomic E-state index is 15.3. The van der Waals surface area contributed by atoms with Crippen LogP contribution in [0.25, 0.3) is 28.0 Å². The molecule has 2 aliphatic carbocycles. The van der Waals surface area contributed by atoms with Crippen molar-refractivity contribution >= 4 is 40.4 Å². The zero-order valence-electron chi connectivity index (χ0n) is 36.2. The van der Waals surface area contributed by atoms with Crippen LogP contribution in [0.1, 0.15) is 88.3 Å². The highest BCUT2D eigenvalue weighted by molar-refractivity contribution is 6.01. The van der Waals surface area contributed by atoms with Crippen LogP contribution in [0, 0.1) is 28.5 Å². The van der Waals surface area contributed by atoms with Gasteiger partial charge >= 0.3 is 0 Å². The molecule has 1 aromatic carbocycles. The van der Waals surface area contributed by atoms with Crippen LogP contribution in [0.4, 0.5) is 21.6 Å². The van der Waals surface area contributed by atoms with Crippen molar-refractivity contribution in [3.05, 3.63) is 72.2 Å². The summed E-state index contributed by atoms with van der Waals surface area (Å²) in [6.45, 7) is 7.70. The quantitative estimate of drug-likeness (QED) is 0.117. The number of fused-ring (bicyclic) bond motifs is 1. The van der Waals surface area contributed by atoms with Crippen molar-refractivity contribution in [3.63, 3.8) is 0 Å². The maximum absolute atomic E-state index is 15.3. The minimum atomic E-state index is -0.563. The van der Waals surface area contributed by atoms with E-state index in [0.29, 0.717) is 71.2 Å². The normalized spacial score (nSPS) is 22.7. The molecule has 3 saturated heterocycles. The molecule has 64 heavy (non-hydrogen) atoms. The van der Waals surface area contributed by atoms with Gasteiger partial charge in [-0.1, -0.05) is 6.92 Å². The lowest BCUT2D eigenvalue weighted by Crippen LogP contribution is -2.52. The van der Waals surface area contributed by atoms with Crippen molar-refractivity contribution in [2.75, 3.05) is 60.9 Å². The first-order valence-electron chi connectivity index (χ1n) is 22.9. The van der Waals surface area contributed by atoms with E-state index in [-0.39, 0.29) is 35.4 Å². The summed E-state index contributed by atoms with van der Waals surface area (Å²) in [6, 6.07) is 11.1. The third-order valence-electron chi connectivity index (χ3n) is 14.6. The predicted octanol–water partition coefficient (Wildman–Crippen LogP) is 5.39. The number of imide groups is 1. The minimum absolute atomic E-state index is 0.208. The summed E-state index contributed by atoms with van der Waals surface area (Å²) in [7, 11) is 0. The van der Waals surface area contributed by atoms with Crippen LogP contribution in [-0.2, 0) is 14.4 Å². The van der Waals surface area contributed by atoms with Crippen LogP contribution >= 0.6 is 0 Å². The van der Waals surface area contributed by atoms with E-state index >= 15 is 4.39 Å². The van der Waals surface area contributed by atoms with Gasteiger partial charge in [-0.2, -0.15) is 15.5 Å². The average molecular weight is 868 g/mol. The number of benzene rings is 1. The van der Waals surface area contributed by atoms with E-state index in [1.54, 1.807) is 22.8 Å². The van der Waals surface area contributed by atoms with E-state index in [1.807, 2.05) is 30.7 Å². The molecule has 5 fully saturated rings. The number of amides is 3. The molecule has 332 valence electrons. The number of nitrogens with zero attached hydrogens (tertiary/aromatic N) is 9. The van der Waals surface area contributed by atoms with E-state index in [2.05, 4.69) is 58.9 Å². The Morgan fingerprint density at radius 2 is 1.81 bits per heavy atom. The molecule has 17 heteroatoms. The fourth-order valence-corrected chi connectivity index (χ4v) is 10.3. The van der Waals surface area contributed by atoms with Gasteiger partial charge in [-0.3, -0.25) is 29.7 Å². The van der Waals surface area contributed by atoms with Crippen molar-refractivity contribution in [3.8, 4) is 28.6 Å². The number of anilines is 3. The molecule has 3 aliphatic heterocycles. The van der Waals surface area contributed by atoms with E-state index in [4.69, 9.17) is 9.97 Å². The Balaban J connectivity index is 0.765. The molecule has 10 rings (SSSR count). The molecule has 7 heterocycles. The summed E-state index contributed by atoms with van der Waals surface area (Å²) >= 11 is 0. The van der Waals surface area contributed by atoms with Gasteiger partial charge in [0.1, 0.15) is 34.8 Å². The Labute approximate surface area is 371 Å². The number of halogens is 1. The molecular formula is C47H54FN13O3. The summed E-state index contributed by atoms with van der Waals surface area (Å²) in [5.74, 6) is 0.868. The van der Waals surface area contributed by atoms with Crippen molar-refractivity contribution in [2.45, 2.75) is 89.1 Å². The van der Waals surface area contributed by atoms with Crippen molar-refractivity contribution < 1.29 is 18.8 Å². The molecule has 0 unspecified atom stereocenters. The van der Waals surface area contributed by atoms with E-state index < -0.39 is 6.04 Å². The monoisotopic (exact) mass is 867 g/mol. The highest BCUT2D eigenvalue weighted by atomic mass is 19.1. The SMILES string of the molecule is CCC1(C(=O)NC2CCC2)CCN(c2ccc(-c3nc(-c4cn[nH]c4C4CC(CN5CCN(c6ccc(N[C@H]7CCC(=O)NC7=O)cc6F)CC5)C4)cn4ncc(C#N)c34)cn2)CC1. The number of hydrogen-bond acceptors (Lipinski definition) is 12. The van der Waals surface area contributed by atoms with Crippen LogP contribution in [0.3, 0.4) is 0 Å². The number of carbonyl (C=O) groups is 3. The zero-order valence-corrected chi connectivity index (χ0v) is 36.2. The van der Waals surface area contributed by atoms with Gasteiger partial charge < -0.3 is 20.4 Å². The van der Waals surface area contributed by atoms with Gasteiger partial charge in [-0.05, 0) is 94.0 Å². The maximum Gasteiger partial charge on any atom is 0.249 e. The second-order valence-corrected chi connectivity index (χ2v) is 18.4. The lowest BCUT2D eigenvalue weighted by molar-refractivity contribution is -0.134. The summed E-state index contributed by atoms with van der Waals surface area (Å²) in [5.41, 5.74) is 5.86. The zero-order chi connectivity index (χ0) is 44.0. The molecule has 3 amide bonds. The number of hydrogen-bond donors (Lipinski definition) is 4. The Kier molecular flexibility index (Phi) is 11.2. The number of piperidine rings is 2. The van der Waals surface area contributed by atoms with Crippen LogP contribution in [0.2, 0.25) is 0 Å². The van der Waals surface area contributed by atoms with Gasteiger partial charge in [0, 0.05) is 92.9 Å². The van der Waals surface area contributed by atoms with Crippen molar-refractivity contribution in [2.24, 2.45) is 11.3 Å². The first-order valence-corrected chi connectivity index (χ1v) is 22.9. The molecule has 4 N–H and O–H groups in total. The molecule has 5 aliphatic rings. The van der Waals surface area contributed by atoms with E-state index in [0.717, 1.165) is 100 Å². The average Bonchev–Trinajstić information content (AvgIpc) is 3.95. The third kappa shape index (κ3) is 8.03. The Morgan fingerprint density at radius 3 is 2.50 bits per heavy atom. The smallest absolute Gasteiger partial charge is 0.249 e. The summed E-state index contributed by atoms with van der Waals surface area (Å²) < 4.78 is 17.1. The van der Waals surface area contributed by atoms with Crippen molar-refractivity contribution in [1.82, 2.24) is 45.3 Å². The number of nitrogens with one attached hydrogen (secondary N) is 4. The van der Waals surface area contributed by atoms with Crippen LogP contribution in [0.15, 0.2) is 55.1 Å². The molecule has 2 saturated carbocycles. The summed E-state index contributed by atoms with van der Waals surface area (Å²) in [5, 5.41) is 31.0. The largest absolute Gasteiger partial charge is 0.374 e. The van der Waals surface area contributed by atoms with Crippen LogP contribution in [-0.4, -0.2) is 110 Å². The first kappa shape index (κ1) is 41.6. The highest BCUT2D eigenvalue weighted by Gasteiger charge is 2.41. The van der Waals surface area contributed by atoms with E-state index in [9.17, 15) is 19.6 Å². The summed E-state index contributed by atoms with van der Waals surface area (Å²) in [6.07, 6.45) is 15.5. The van der Waals surface area contributed by atoms with Crippen molar-refractivity contribution in [1.29, 1.82) is 5.26 Å². The molecule has 5 aromatic rings. The number of pyridine rings is 1. The first-order chi connectivity index (χ1) is 31.2. The second kappa shape index (κ2) is 17.3. The molecule has 16 nitrogen and oxygen atoms in total. The second-order valence-electron chi connectivity index (χ2n) is 18.4.